The van der Waals surface area contributed by atoms with Crippen LogP contribution in [0.5, 0.6) is 0 Å². The van der Waals surface area contributed by atoms with Crippen LogP contribution in [0.15, 0.2) is 10.5 Å². The van der Waals surface area contributed by atoms with Gasteiger partial charge in [0.2, 0.25) is 0 Å². The number of nitrogens with zero attached hydrogens (tertiary/aromatic N) is 2. The molecule has 0 aliphatic rings. The molecule has 0 radical (unpaired) electrons. The summed E-state index contributed by atoms with van der Waals surface area (Å²) >= 11 is 1.59. The molecule has 98 valence electrons. The lowest BCUT2D eigenvalue weighted by atomic mass is 10.2. The number of aryl methyl sites for hydroxylation is 2. The predicted molar refractivity (Wildman–Crippen MR) is 70.7 cm³/mol. The Morgan fingerprint density at radius 2 is 2.22 bits per heavy atom. The van der Waals surface area contributed by atoms with Gasteiger partial charge in [0.25, 0.3) is 0 Å². The molecule has 0 unspecified atom stereocenters. The lowest BCUT2D eigenvalue weighted by Crippen LogP contribution is -2.18. The molecule has 0 aliphatic heterocycles. The second-order valence-corrected chi connectivity index (χ2v) is 5.06. The van der Waals surface area contributed by atoms with Gasteiger partial charge >= 0.3 is 0 Å². The molecule has 2 rings (SSSR count). The summed E-state index contributed by atoms with van der Waals surface area (Å²) in [4.78, 5) is 0. The van der Waals surface area contributed by atoms with Gasteiger partial charge in [-0.3, -0.25) is 0 Å². The van der Waals surface area contributed by atoms with Crippen LogP contribution in [-0.2, 0) is 11.3 Å². The van der Waals surface area contributed by atoms with Crippen molar-refractivity contribution in [2.24, 2.45) is 0 Å². The van der Waals surface area contributed by atoms with E-state index in [1.807, 2.05) is 19.9 Å². The first-order valence-electron chi connectivity index (χ1n) is 5.80. The smallest absolute Gasteiger partial charge is 0.151 e. The molecule has 5 nitrogen and oxygen atoms in total. The molecule has 0 saturated heterocycles. The van der Waals surface area contributed by atoms with Crippen LogP contribution < -0.4 is 5.32 Å². The zero-order chi connectivity index (χ0) is 13.0. The molecule has 0 saturated carbocycles. The summed E-state index contributed by atoms with van der Waals surface area (Å²) in [5.41, 5.74) is 1.04. The monoisotopic (exact) mass is 267 g/mol. The summed E-state index contributed by atoms with van der Waals surface area (Å²) in [6.07, 6.45) is 0. The van der Waals surface area contributed by atoms with Gasteiger partial charge in [0.05, 0.1) is 12.2 Å². The largest absolute Gasteiger partial charge is 0.466 e. The molecule has 0 atom stereocenters. The van der Waals surface area contributed by atoms with Crippen LogP contribution in [0.2, 0.25) is 0 Å². The van der Waals surface area contributed by atoms with E-state index in [1.165, 1.54) is 0 Å². The Bertz CT molecular complexity index is 507. The molecule has 0 bridgehead atoms. The number of hydrogen-bond donors (Lipinski definition) is 1. The highest BCUT2D eigenvalue weighted by Gasteiger charge is 2.12. The topological polar surface area (TPSA) is 60.2 Å². The third-order valence-electron chi connectivity index (χ3n) is 2.50. The standard InChI is InChI=1S/C12H17N3O2S/c1-8-6-10(9(2)17-8)12-15-14-11(18-12)7-13-4-5-16-3/h6,13H,4-5,7H2,1-3H3. The lowest BCUT2D eigenvalue weighted by Gasteiger charge is -1.99. The molecule has 2 heterocycles. The van der Waals surface area contributed by atoms with Crippen molar-refractivity contribution in [2.75, 3.05) is 20.3 Å². The van der Waals surface area contributed by atoms with Crippen molar-refractivity contribution in [3.05, 3.63) is 22.6 Å². The number of aromatic nitrogens is 2. The van der Waals surface area contributed by atoms with Crippen LogP contribution in [0, 0.1) is 13.8 Å². The quantitative estimate of drug-likeness (QED) is 0.813. The second-order valence-electron chi connectivity index (χ2n) is 4.00. The maximum absolute atomic E-state index is 5.50. The third-order valence-corrected chi connectivity index (χ3v) is 3.45. The normalized spacial score (nSPS) is 11.1. The first kappa shape index (κ1) is 13.2. The molecule has 0 spiro atoms. The van der Waals surface area contributed by atoms with E-state index in [0.29, 0.717) is 6.61 Å². The third kappa shape index (κ3) is 3.16. The Hall–Kier alpha value is -1.24. The van der Waals surface area contributed by atoms with Gasteiger partial charge in [0.15, 0.2) is 5.01 Å². The van der Waals surface area contributed by atoms with E-state index >= 15 is 0 Å². The molecular formula is C12H17N3O2S. The number of methoxy groups -OCH3 is 1. The van der Waals surface area contributed by atoms with Crippen molar-refractivity contribution >= 4 is 11.3 Å². The van der Waals surface area contributed by atoms with Crippen LogP contribution in [0.4, 0.5) is 0 Å². The molecule has 0 aliphatic carbocycles. The maximum Gasteiger partial charge on any atom is 0.151 e. The number of hydrogen-bond acceptors (Lipinski definition) is 6. The highest BCUT2D eigenvalue weighted by molar-refractivity contribution is 7.14. The van der Waals surface area contributed by atoms with E-state index in [2.05, 4.69) is 15.5 Å². The van der Waals surface area contributed by atoms with Gasteiger partial charge in [-0.25, -0.2) is 0 Å². The van der Waals surface area contributed by atoms with E-state index in [-0.39, 0.29) is 0 Å². The van der Waals surface area contributed by atoms with Crippen molar-refractivity contribution in [1.29, 1.82) is 0 Å². The minimum atomic E-state index is 0.700. The Kier molecular flexibility index (Phi) is 4.46. The first-order chi connectivity index (χ1) is 8.70. The van der Waals surface area contributed by atoms with E-state index < -0.39 is 0 Å². The van der Waals surface area contributed by atoms with Crippen LogP contribution >= 0.6 is 11.3 Å². The summed E-state index contributed by atoms with van der Waals surface area (Å²) < 4.78 is 10.5. The fourth-order valence-electron chi connectivity index (χ4n) is 1.65. The minimum absolute atomic E-state index is 0.700. The van der Waals surface area contributed by atoms with Gasteiger partial charge in [0, 0.05) is 20.2 Å². The van der Waals surface area contributed by atoms with Crippen molar-refractivity contribution in [3.63, 3.8) is 0 Å². The molecule has 2 aromatic heterocycles. The lowest BCUT2D eigenvalue weighted by molar-refractivity contribution is 0.199. The number of ether oxygens (including phenoxy) is 1. The summed E-state index contributed by atoms with van der Waals surface area (Å²) in [6.45, 7) is 6.11. The summed E-state index contributed by atoms with van der Waals surface area (Å²) in [7, 11) is 1.69. The Labute approximate surface area is 110 Å². The SMILES string of the molecule is COCCNCc1nnc(-c2cc(C)oc2C)s1. The predicted octanol–water partition coefficient (Wildman–Crippen LogP) is 2.15. The van der Waals surface area contributed by atoms with E-state index in [4.69, 9.17) is 9.15 Å². The van der Waals surface area contributed by atoms with Gasteiger partial charge in [-0.2, -0.15) is 0 Å². The fourth-order valence-corrected chi connectivity index (χ4v) is 2.52. The van der Waals surface area contributed by atoms with Gasteiger partial charge in [-0.15, -0.1) is 10.2 Å². The zero-order valence-corrected chi connectivity index (χ0v) is 11.6. The number of nitrogens with one attached hydrogen (secondary N) is 1. The minimum Gasteiger partial charge on any atom is -0.466 e. The Morgan fingerprint density at radius 3 is 2.89 bits per heavy atom. The average molecular weight is 267 g/mol. The molecule has 1 N–H and O–H groups in total. The molecule has 0 aromatic carbocycles. The highest BCUT2D eigenvalue weighted by Crippen LogP contribution is 2.28. The molecule has 6 heteroatoms. The first-order valence-corrected chi connectivity index (χ1v) is 6.62. The van der Waals surface area contributed by atoms with Crippen LogP contribution in [0.25, 0.3) is 10.6 Å². The fraction of sp³-hybridized carbons (Fsp3) is 0.500. The maximum atomic E-state index is 5.50. The molecule has 18 heavy (non-hydrogen) atoms. The number of rotatable bonds is 6. The van der Waals surface area contributed by atoms with Crippen molar-refractivity contribution < 1.29 is 9.15 Å². The van der Waals surface area contributed by atoms with Crippen molar-refractivity contribution in [3.8, 4) is 10.6 Å². The van der Waals surface area contributed by atoms with Gasteiger partial charge in [-0.1, -0.05) is 11.3 Å². The Balaban J connectivity index is 1.99. The van der Waals surface area contributed by atoms with E-state index in [0.717, 1.165) is 40.2 Å². The molecule has 0 amide bonds. The number of furan rings is 1. The van der Waals surface area contributed by atoms with Crippen LogP contribution in [0.1, 0.15) is 16.5 Å². The summed E-state index contributed by atoms with van der Waals surface area (Å²) in [6, 6.07) is 2.00. The second kappa shape index (κ2) is 6.08. The van der Waals surface area contributed by atoms with Crippen molar-refractivity contribution in [2.45, 2.75) is 20.4 Å². The average Bonchev–Trinajstić information content (AvgIpc) is 2.91. The summed E-state index contributed by atoms with van der Waals surface area (Å²) in [5.74, 6) is 1.79. The zero-order valence-electron chi connectivity index (χ0n) is 10.8. The van der Waals surface area contributed by atoms with Gasteiger partial charge in [0.1, 0.15) is 16.5 Å². The summed E-state index contributed by atoms with van der Waals surface area (Å²) in [5, 5.41) is 13.5. The van der Waals surface area contributed by atoms with Crippen LogP contribution in [0.3, 0.4) is 0 Å². The Morgan fingerprint density at radius 1 is 1.39 bits per heavy atom. The van der Waals surface area contributed by atoms with Gasteiger partial charge in [-0.05, 0) is 19.9 Å². The molecule has 0 fully saturated rings. The molecular weight excluding hydrogens is 250 g/mol. The van der Waals surface area contributed by atoms with E-state index in [1.54, 1.807) is 18.4 Å². The molecule has 2 aromatic rings. The highest BCUT2D eigenvalue weighted by atomic mass is 32.1. The van der Waals surface area contributed by atoms with E-state index in [9.17, 15) is 0 Å². The van der Waals surface area contributed by atoms with Crippen LogP contribution in [-0.4, -0.2) is 30.5 Å². The van der Waals surface area contributed by atoms with Gasteiger partial charge < -0.3 is 14.5 Å². The van der Waals surface area contributed by atoms with Crippen molar-refractivity contribution in [1.82, 2.24) is 15.5 Å².